The van der Waals surface area contributed by atoms with E-state index >= 15 is 0 Å². The van der Waals surface area contributed by atoms with Gasteiger partial charge >= 0.3 is 0 Å². The van der Waals surface area contributed by atoms with Crippen molar-refractivity contribution in [1.82, 2.24) is 4.31 Å². The number of amides is 1. The highest BCUT2D eigenvalue weighted by molar-refractivity contribution is 9.10. The number of nitrogens with one attached hydrogen (secondary N) is 1. The Balaban J connectivity index is 2.45. The minimum atomic E-state index is -3.72. The highest BCUT2D eigenvalue weighted by Crippen LogP contribution is 2.30. The summed E-state index contributed by atoms with van der Waals surface area (Å²) in [5, 5.41) is 2.56. The third-order valence-electron chi connectivity index (χ3n) is 4.02. The second kappa shape index (κ2) is 9.49. The van der Waals surface area contributed by atoms with Gasteiger partial charge in [-0.1, -0.05) is 29.8 Å². The molecule has 0 unspecified atom stereocenters. The van der Waals surface area contributed by atoms with Crippen LogP contribution in [-0.2, 0) is 10.0 Å². The normalized spacial score (nSPS) is 11.5. The monoisotopic (exact) mass is 472 g/mol. The summed E-state index contributed by atoms with van der Waals surface area (Å²) >= 11 is 3.14. The van der Waals surface area contributed by atoms with E-state index in [0.717, 1.165) is 0 Å². The number of nitrogens with zero attached hydrogens (tertiary/aromatic N) is 1. The molecule has 1 N–H and O–H groups in total. The van der Waals surface area contributed by atoms with Crippen molar-refractivity contribution in [2.24, 2.45) is 0 Å². The molecule has 0 aliphatic carbocycles. The zero-order valence-corrected chi connectivity index (χ0v) is 18.2. The average Bonchev–Trinajstić information content (AvgIpc) is 2.63. The van der Waals surface area contributed by atoms with Crippen LogP contribution in [0.4, 0.5) is 10.1 Å². The van der Waals surface area contributed by atoms with Gasteiger partial charge in [0.2, 0.25) is 10.0 Å². The quantitative estimate of drug-likeness (QED) is 0.622. The number of ether oxygens (including phenoxy) is 1. The minimum absolute atomic E-state index is 0.0197. The molecule has 9 heteroatoms. The molecule has 0 aromatic heterocycles. The Labute approximate surface area is 172 Å². The van der Waals surface area contributed by atoms with E-state index in [4.69, 9.17) is 4.74 Å². The van der Waals surface area contributed by atoms with Crippen molar-refractivity contribution in [3.05, 3.63) is 52.3 Å². The van der Waals surface area contributed by atoms with Crippen LogP contribution in [0.3, 0.4) is 0 Å². The van der Waals surface area contributed by atoms with E-state index in [1.165, 1.54) is 34.6 Å². The van der Waals surface area contributed by atoms with E-state index in [1.54, 1.807) is 26.8 Å². The predicted octanol–water partition coefficient (Wildman–Crippen LogP) is 4.27. The van der Waals surface area contributed by atoms with Gasteiger partial charge in [0, 0.05) is 17.6 Å². The molecule has 1 amide bonds. The zero-order valence-electron chi connectivity index (χ0n) is 15.8. The first-order chi connectivity index (χ1) is 13.2. The van der Waals surface area contributed by atoms with Crippen LogP contribution in [0.2, 0.25) is 0 Å². The van der Waals surface area contributed by atoms with Gasteiger partial charge in [-0.3, -0.25) is 4.79 Å². The van der Waals surface area contributed by atoms with Crippen molar-refractivity contribution in [1.29, 1.82) is 0 Å². The van der Waals surface area contributed by atoms with Crippen LogP contribution in [0.5, 0.6) is 5.75 Å². The van der Waals surface area contributed by atoms with E-state index in [-0.39, 0.29) is 16.1 Å². The summed E-state index contributed by atoms with van der Waals surface area (Å²) in [6, 6.07) is 8.29. The molecule has 2 rings (SSSR count). The summed E-state index contributed by atoms with van der Waals surface area (Å²) in [6.07, 6.45) is 0. The van der Waals surface area contributed by atoms with Gasteiger partial charge in [-0.2, -0.15) is 4.31 Å². The smallest absolute Gasteiger partial charge is 0.258 e. The third-order valence-corrected chi connectivity index (χ3v) is 6.56. The number of carbonyl (C=O) groups is 1. The molecule has 0 saturated carbocycles. The molecule has 0 radical (unpaired) electrons. The number of anilines is 1. The second-order valence-electron chi connectivity index (χ2n) is 5.76. The Kier molecular flexibility index (Phi) is 7.56. The van der Waals surface area contributed by atoms with Crippen molar-refractivity contribution in [2.45, 2.75) is 25.7 Å². The number of halogens is 2. The van der Waals surface area contributed by atoms with Gasteiger partial charge in [-0.05, 0) is 43.3 Å². The van der Waals surface area contributed by atoms with Gasteiger partial charge in [-0.25, -0.2) is 12.8 Å². The maximum Gasteiger partial charge on any atom is 0.258 e. The Hall–Kier alpha value is -1.97. The molecule has 0 bridgehead atoms. The van der Waals surface area contributed by atoms with E-state index in [2.05, 4.69) is 21.2 Å². The molecule has 152 valence electrons. The highest BCUT2D eigenvalue weighted by Gasteiger charge is 2.24. The zero-order chi connectivity index (χ0) is 20.9. The van der Waals surface area contributed by atoms with Gasteiger partial charge in [0.05, 0.1) is 22.8 Å². The number of hydrogen-bond donors (Lipinski definition) is 1. The molecule has 28 heavy (non-hydrogen) atoms. The van der Waals surface area contributed by atoms with E-state index in [0.29, 0.717) is 29.9 Å². The Morgan fingerprint density at radius 1 is 1.14 bits per heavy atom. The molecule has 0 aliphatic rings. The first-order valence-corrected chi connectivity index (χ1v) is 11.0. The minimum Gasteiger partial charge on any atom is -0.492 e. The lowest BCUT2D eigenvalue weighted by Crippen LogP contribution is -2.30. The van der Waals surface area contributed by atoms with Crippen LogP contribution in [-0.4, -0.2) is 38.3 Å². The Bertz CT molecular complexity index is 962. The summed E-state index contributed by atoms with van der Waals surface area (Å²) in [5.41, 5.74) is -0.00921. The van der Waals surface area contributed by atoms with Gasteiger partial charge in [0.25, 0.3) is 5.91 Å². The van der Waals surface area contributed by atoms with Crippen LogP contribution in [0, 0.1) is 5.82 Å². The summed E-state index contributed by atoms with van der Waals surface area (Å²) in [6.45, 7) is 6.21. The maximum atomic E-state index is 14.1. The standard InChI is InChI=1S/C19H22BrFN2O4S/c1-4-23(5-2)28(25,26)14-8-10-18(27-6-3)17(12-14)22-19(24)15-9-7-13(20)11-16(15)21/h7-12H,4-6H2,1-3H3,(H,22,24). The lowest BCUT2D eigenvalue weighted by Gasteiger charge is -2.20. The molecule has 2 aromatic rings. The number of hydrogen-bond acceptors (Lipinski definition) is 4. The van der Waals surface area contributed by atoms with E-state index in [1.807, 2.05) is 0 Å². The van der Waals surface area contributed by atoms with Crippen LogP contribution in [0.1, 0.15) is 31.1 Å². The molecule has 0 fully saturated rings. The molecular formula is C19H22BrFN2O4S. The molecule has 0 spiro atoms. The van der Waals surface area contributed by atoms with Gasteiger partial charge in [0.15, 0.2) is 0 Å². The predicted molar refractivity (Wildman–Crippen MR) is 110 cm³/mol. The Morgan fingerprint density at radius 3 is 2.39 bits per heavy atom. The SMILES string of the molecule is CCOc1ccc(S(=O)(=O)N(CC)CC)cc1NC(=O)c1ccc(Br)cc1F. The fourth-order valence-electron chi connectivity index (χ4n) is 2.62. The summed E-state index contributed by atoms with van der Waals surface area (Å²) < 4.78 is 46.9. The molecule has 0 aliphatic heterocycles. The third kappa shape index (κ3) is 4.89. The summed E-state index contributed by atoms with van der Waals surface area (Å²) in [4.78, 5) is 12.5. The molecule has 2 aromatic carbocycles. The van der Waals surface area contributed by atoms with Crippen molar-refractivity contribution >= 4 is 37.5 Å². The second-order valence-corrected chi connectivity index (χ2v) is 8.61. The number of rotatable bonds is 8. The fourth-order valence-corrected chi connectivity index (χ4v) is 4.44. The number of carbonyl (C=O) groups excluding carboxylic acids is 1. The molecular weight excluding hydrogens is 451 g/mol. The average molecular weight is 473 g/mol. The van der Waals surface area contributed by atoms with Crippen LogP contribution < -0.4 is 10.1 Å². The lowest BCUT2D eigenvalue weighted by molar-refractivity contribution is 0.102. The van der Waals surface area contributed by atoms with Gasteiger partial charge in [0.1, 0.15) is 11.6 Å². The van der Waals surface area contributed by atoms with Crippen LogP contribution in [0.15, 0.2) is 45.8 Å². The molecule has 0 heterocycles. The fraction of sp³-hybridized carbons (Fsp3) is 0.316. The van der Waals surface area contributed by atoms with Crippen molar-refractivity contribution < 1.29 is 22.3 Å². The Morgan fingerprint density at radius 2 is 1.82 bits per heavy atom. The molecule has 6 nitrogen and oxygen atoms in total. The molecule has 0 atom stereocenters. The summed E-state index contributed by atoms with van der Waals surface area (Å²) in [7, 11) is -3.72. The number of benzene rings is 2. The van der Waals surface area contributed by atoms with E-state index in [9.17, 15) is 17.6 Å². The largest absolute Gasteiger partial charge is 0.492 e. The van der Waals surface area contributed by atoms with E-state index < -0.39 is 21.7 Å². The maximum absolute atomic E-state index is 14.1. The number of sulfonamides is 1. The van der Waals surface area contributed by atoms with Crippen molar-refractivity contribution in [2.75, 3.05) is 25.0 Å². The first-order valence-electron chi connectivity index (χ1n) is 8.77. The lowest BCUT2D eigenvalue weighted by atomic mass is 10.2. The summed E-state index contributed by atoms with van der Waals surface area (Å²) in [5.74, 6) is -1.10. The van der Waals surface area contributed by atoms with Crippen LogP contribution in [0.25, 0.3) is 0 Å². The van der Waals surface area contributed by atoms with Crippen molar-refractivity contribution in [3.8, 4) is 5.75 Å². The first kappa shape index (κ1) is 22.3. The highest BCUT2D eigenvalue weighted by atomic mass is 79.9. The van der Waals surface area contributed by atoms with Crippen LogP contribution >= 0.6 is 15.9 Å². The topological polar surface area (TPSA) is 75.7 Å². The van der Waals surface area contributed by atoms with Gasteiger partial charge in [-0.15, -0.1) is 0 Å². The molecule has 0 saturated heterocycles. The van der Waals surface area contributed by atoms with Crippen molar-refractivity contribution in [3.63, 3.8) is 0 Å². The van der Waals surface area contributed by atoms with Gasteiger partial charge < -0.3 is 10.1 Å².